The molecular weight excluding hydrogens is 471 g/mol. The number of carbonyl (C=O) groups is 3. The van der Waals surface area contributed by atoms with E-state index in [1.54, 1.807) is 97.1 Å². The van der Waals surface area contributed by atoms with E-state index in [0.29, 0.717) is 22.7 Å². The normalized spacial score (nSPS) is 13.6. The van der Waals surface area contributed by atoms with Crippen molar-refractivity contribution in [1.29, 1.82) is 0 Å². The number of amides is 4. The number of anilines is 2. The Hall–Kier alpha value is -5.04. The van der Waals surface area contributed by atoms with E-state index in [1.165, 1.54) is 18.2 Å². The molecule has 6 nitrogen and oxygen atoms in total. The molecule has 1 fully saturated rings. The lowest BCUT2D eigenvalue weighted by atomic mass is 10.0. The van der Waals surface area contributed by atoms with Crippen LogP contribution in [-0.4, -0.2) is 17.8 Å². The highest BCUT2D eigenvalue weighted by atomic mass is 19.1. The van der Waals surface area contributed by atoms with Gasteiger partial charge in [-0.15, -0.1) is 0 Å². The number of urea groups is 1. The molecule has 5 rings (SSSR count). The van der Waals surface area contributed by atoms with Crippen molar-refractivity contribution >= 4 is 35.3 Å². The van der Waals surface area contributed by atoms with Crippen molar-refractivity contribution in [2.24, 2.45) is 0 Å². The van der Waals surface area contributed by atoms with Gasteiger partial charge in [0.2, 0.25) is 0 Å². The van der Waals surface area contributed by atoms with Crippen LogP contribution in [0.3, 0.4) is 0 Å². The number of nitrogens with zero attached hydrogens (tertiary/aromatic N) is 2. The Balaban J connectivity index is 1.55. The molecule has 0 atom stereocenters. The summed E-state index contributed by atoms with van der Waals surface area (Å²) in [4.78, 5) is 42.5. The molecular formula is C30H21FN2O4. The van der Waals surface area contributed by atoms with Crippen molar-refractivity contribution in [2.75, 3.05) is 9.80 Å². The van der Waals surface area contributed by atoms with Gasteiger partial charge in [-0.25, -0.2) is 19.0 Å². The number of ether oxygens (including phenoxy) is 1. The third-order valence-corrected chi connectivity index (χ3v) is 5.80. The molecule has 0 aliphatic carbocycles. The number of benzene rings is 4. The summed E-state index contributed by atoms with van der Waals surface area (Å²) < 4.78 is 19.2. The predicted molar refractivity (Wildman–Crippen MR) is 138 cm³/mol. The highest BCUT2D eigenvalue weighted by Crippen LogP contribution is 2.31. The standard InChI is InChI=1S/C30H21FN2O4/c31-23-17-15-21(16-18-23)20-37-27-14-8-7-9-22(27)19-26-28(34)32(24-10-3-1-4-11-24)30(36)33(29(26)35)25-12-5-2-6-13-25/h1-19H,20H2. The van der Waals surface area contributed by atoms with E-state index < -0.39 is 17.8 Å². The first-order chi connectivity index (χ1) is 18.0. The minimum Gasteiger partial charge on any atom is -0.488 e. The van der Waals surface area contributed by atoms with Gasteiger partial charge >= 0.3 is 6.03 Å². The number of carbonyl (C=O) groups excluding carboxylic acids is 3. The highest BCUT2D eigenvalue weighted by molar-refractivity contribution is 6.46. The second-order valence-corrected chi connectivity index (χ2v) is 8.25. The van der Waals surface area contributed by atoms with Gasteiger partial charge in [0.25, 0.3) is 11.8 Å². The third-order valence-electron chi connectivity index (χ3n) is 5.80. The summed E-state index contributed by atoms with van der Waals surface area (Å²) >= 11 is 0. The van der Waals surface area contributed by atoms with Crippen LogP contribution in [0.15, 0.2) is 115 Å². The average Bonchev–Trinajstić information content (AvgIpc) is 2.92. The van der Waals surface area contributed by atoms with E-state index in [0.717, 1.165) is 15.4 Å². The number of halogens is 1. The van der Waals surface area contributed by atoms with E-state index >= 15 is 0 Å². The average molecular weight is 493 g/mol. The molecule has 1 aliphatic heterocycles. The van der Waals surface area contributed by atoms with Crippen molar-refractivity contribution in [2.45, 2.75) is 6.61 Å². The molecule has 1 heterocycles. The fourth-order valence-corrected chi connectivity index (χ4v) is 3.97. The Morgan fingerprint density at radius 3 is 1.73 bits per heavy atom. The van der Waals surface area contributed by atoms with E-state index in [1.807, 2.05) is 0 Å². The lowest BCUT2D eigenvalue weighted by Crippen LogP contribution is -2.57. The molecule has 0 aromatic heterocycles. The molecule has 4 aromatic rings. The van der Waals surface area contributed by atoms with Gasteiger partial charge in [0, 0.05) is 5.56 Å². The topological polar surface area (TPSA) is 66.9 Å². The van der Waals surface area contributed by atoms with Gasteiger partial charge in [0.15, 0.2) is 0 Å². The van der Waals surface area contributed by atoms with Gasteiger partial charge in [-0.2, -0.15) is 0 Å². The molecule has 0 radical (unpaired) electrons. The maximum Gasteiger partial charge on any atom is 0.343 e. The van der Waals surface area contributed by atoms with Crippen molar-refractivity contribution in [1.82, 2.24) is 0 Å². The van der Waals surface area contributed by atoms with Gasteiger partial charge < -0.3 is 4.74 Å². The first-order valence-corrected chi connectivity index (χ1v) is 11.5. The SMILES string of the molecule is O=C1C(=Cc2ccccc2OCc2ccc(F)cc2)C(=O)N(c2ccccc2)C(=O)N1c1ccccc1. The Labute approximate surface area is 212 Å². The van der Waals surface area contributed by atoms with Crippen molar-refractivity contribution < 1.29 is 23.5 Å². The van der Waals surface area contributed by atoms with Crippen LogP contribution in [0.2, 0.25) is 0 Å². The zero-order chi connectivity index (χ0) is 25.8. The molecule has 1 aliphatic rings. The van der Waals surface area contributed by atoms with Gasteiger partial charge in [-0.1, -0.05) is 66.7 Å². The Bertz CT molecular complexity index is 1420. The molecule has 1 saturated heterocycles. The summed E-state index contributed by atoms with van der Waals surface area (Å²) in [5, 5.41) is 0. The van der Waals surface area contributed by atoms with Crippen molar-refractivity contribution in [3.8, 4) is 5.75 Å². The van der Waals surface area contributed by atoms with E-state index in [2.05, 4.69) is 0 Å². The summed E-state index contributed by atoms with van der Waals surface area (Å²) in [6.07, 6.45) is 1.43. The van der Waals surface area contributed by atoms with Crippen LogP contribution < -0.4 is 14.5 Å². The Morgan fingerprint density at radius 2 is 1.16 bits per heavy atom. The smallest absolute Gasteiger partial charge is 0.343 e. The van der Waals surface area contributed by atoms with Crippen LogP contribution >= 0.6 is 0 Å². The molecule has 4 aromatic carbocycles. The lowest BCUT2D eigenvalue weighted by Gasteiger charge is -2.34. The fourth-order valence-electron chi connectivity index (χ4n) is 3.97. The van der Waals surface area contributed by atoms with Crippen LogP contribution in [0.5, 0.6) is 5.75 Å². The number of barbiturate groups is 1. The Morgan fingerprint density at radius 1 is 0.649 bits per heavy atom. The summed E-state index contributed by atoms with van der Waals surface area (Å²) in [5.74, 6) is -1.39. The minimum atomic E-state index is -0.759. The number of imide groups is 2. The van der Waals surface area contributed by atoms with Gasteiger partial charge in [0.05, 0.1) is 11.4 Å². The zero-order valence-corrected chi connectivity index (χ0v) is 19.6. The quantitative estimate of drug-likeness (QED) is 0.245. The lowest BCUT2D eigenvalue weighted by molar-refractivity contribution is -0.121. The van der Waals surface area contributed by atoms with Gasteiger partial charge in [-0.3, -0.25) is 9.59 Å². The van der Waals surface area contributed by atoms with Crippen LogP contribution in [0.1, 0.15) is 11.1 Å². The number of para-hydroxylation sites is 3. The van der Waals surface area contributed by atoms with Crippen LogP contribution in [0.25, 0.3) is 6.08 Å². The molecule has 37 heavy (non-hydrogen) atoms. The molecule has 0 N–H and O–H groups in total. The zero-order valence-electron chi connectivity index (χ0n) is 19.6. The van der Waals surface area contributed by atoms with Gasteiger partial charge in [-0.05, 0) is 54.1 Å². The first-order valence-electron chi connectivity index (χ1n) is 11.5. The predicted octanol–water partition coefficient (Wildman–Crippen LogP) is 5.99. The van der Waals surface area contributed by atoms with Crippen LogP contribution in [0, 0.1) is 5.82 Å². The molecule has 0 spiro atoms. The van der Waals surface area contributed by atoms with E-state index in [-0.39, 0.29) is 18.0 Å². The summed E-state index contributed by atoms with van der Waals surface area (Å²) in [7, 11) is 0. The summed E-state index contributed by atoms with van der Waals surface area (Å²) in [5.41, 5.74) is 1.74. The second kappa shape index (κ2) is 10.3. The molecule has 0 unspecified atom stereocenters. The third kappa shape index (κ3) is 4.88. The second-order valence-electron chi connectivity index (χ2n) is 8.25. The highest BCUT2D eigenvalue weighted by Gasteiger charge is 2.43. The molecule has 4 amide bonds. The van der Waals surface area contributed by atoms with Crippen LogP contribution in [0.4, 0.5) is 20.6 Å². The summed E-state index contributed by atoms with van der Waals surface area (Å²) in [6.45, 7) is 0.160. The number of hydrogen-bond donors (Lipinski definition) is 0. The first kappa shape index (κ1) is 23.7. The number of rotatable bonds is 6. The van der Waals surface area contributed by atoms with Crippen LogP contribution in [-0.2, 0) is 16.2 Å². The molecule has 0 saturated carbocycles. The maximum atomic E-state index is 13.6. The fraction of sp³-hybridized carbons (Fsp3) is 0.0333. The monoisotopic (exact) mass is 492 g/mol. The minimum absolute atomic E-state index is 0.160. The number of hydrogen-bond acceptors (Lipinski definition) is 4. The van der Waals surface area contributed by atoms with Crippen molar-refractivity contribution in [3.05, 3.63) is 132 Å². The van der Waals surface area contributed by atoms with E-state index in [9.17, 15) is 18.8 Å². The van der Waals surface area contributed by atoms with Gasteiger partial charge in [0.1, 0.15) is 23.7 Å². The Kier molecular flexibility index (Phi) is 6.59. The molecule has 182 valence electrons. The largest absolute Gasteiger partial charge is 0.488 e. The molecule has 7 heteroatoms. The summed E-state index contributed by atoms with van der Waals surface area (Å²) in [6, 6.07) is 29.0. The maximum absolute atomic E-state index is 13.6. The molecule has 0 bridgehead atoms. The van der Waals surface area contributed by atoms with E-state index in [4.69, 9.17) is 4.74 Å². The van der Waals surface area contributed by atoms with Crippen molar-refractivity contribution in [3.63, 3.8) is 0 Å².